The molecule has 0 bridgehead atoms. The van der Waals surface area contributed by atoms with Gasteiger partial charge in [0.05, 0.1) is 6.61 Å². The molecular weight excluding hydrogens is 206 g/mol. The zero-order valence-electron chi connectivity index (χ0n) is 6.13. The van der Waals surface area contributed by atoms with E-state index in [1.165, 1.54) is 0 Å². The van der Waals surface area contributed by atoms with Gasteiger partial charge in [0.25, 0.3) is 0 Å². The highest BCUT2D eigenvalue weighted by Crippen LogP contribution is 2.01. The molecule has 0 atom stereocenters. The van der Waals surface area contributed by atoms with Gasteiger partial charge < -0.3 is 5.11 Å². The highest BCUT2D eigenvalue weighted by atomic mass is 79.9. The van der Waals surface area contributed by atoms with Gasteiger partial charge in [-0.25, -0.2) is 0 Å². The number of aliphatic hydroxyl groups is 1. The fraction of sp³-hybridized carbons (Fsp3) is 0.375. The number of aryl methyl sites for hydroxylation is 1. The molecule has 0 spiro atoms. The maximum atomic E-state index is 8.71. The van der Waals surface area contributed by atoms with E-state index in [1.54, 1.807) is 6.20 Å². The summed E-state index contributed by atoms with van der Waals surface area (Å²) in [4.78, 5) is 4.15. The Morgan fingerprint density at radius 2 is 2.27 bits per heavy atom. The van der Waals surface area contributed by atoms with Crippen LogP contribution in [0, 0.1) is 0 Å². The molecule has 2 nitrogen and oxygen atoms in total. The average molecular weight is 216 g/mol. The molecule has 0 unspecified atom stereocenters. The molecule has 0 amide bonds. The molecule has 1 rings (SSSR count). The third-order valence-electron chi connectivity index (χ3n) is 1.42. The van der Waals surface area contributed by atoms with Crippen molar-refractivity contribution in [3.63, 3.8) is 0 Å². The van der Waals surface area contributed by atoms with Crippen molar-refractivity contribution in [3.8, 4) is 0 Å². The van der Waals surface area contributed by atoms with Crippen molar-refractivity contribution >= 4 is 15.9 Å². The molecule has 0 aliphatic carbocycles. The summed E-state index contributed by atoms with van der Waals surface area (Å²) in [6, 6.07) is 3.83. The molecule has 1 aromatic rings. The summed E-state index contributed by atoms with van der Waals surface area (Å²) in [5.41, 5.74) is 1.92. The molecular formula is C8H10BrNO. The molecule has 60 valence electrons. The molecule has 1 aromatic heterocycles. The lowest BCUT2D eigenvalue weighted by Crippen LogP contribution is -1.92. The Kier molecular flexibility index (Phi) is 3.52. The van der Waals surface area contributed by atoms with Crippen LogP contribution in [0.3, 0.4) is 0 Å². The lowest BCUT2D eigenvalue weighted by molar-refractivity contribution is 0.281. The van der Waals surface area contributed by atoms with E-state index in [0.29, 0.717) is 0 Å². The molecule has 3 heteroatoms. The van der Waals surface area contributed by atoms with Crippen LogP contribution in [-0.2, 0) is 13.0 Å². The van der Waals surface area contributed by atoms with Crippen LogP contribution in [0.25, 0.3) is 0 Å². The topological polar surface area (TPSA) is 33.1 Å². The molecule has 11 heavy (non-hydrogen) atoms. The number of aliphatic hydroxyl groups excluding tert-OH is 1. The van der Waals surface area contributed by atoms with Crippen molar-refractivity contribution in [3.05, 3.63) is 29.6 Å². The average Bonchev–Trinajstić information content (AvgIpc) is 2.07. The first-order chi connectivity index (χ1) is 5.36. The Morgan fingerprint density at radius 1 is 1.45 bits per heavy atom. The molecule has 0 aliphatic heterocycles. The molecule has 0 aliphatic rings. The van der Waals surface area contributed by atoms with Crippen LogP contribution in [0.4, 0.5) is 0 Å². The molecule has 0 saturated heterocycles. The van der Waals surface area contributed by atoms with Gasteiger partial charge in [-0.3, -0.25) is 4.98 Å². The second-order valence-electron chi connectivity index (χ2n) is 2.25. The van der Waals surface area contributed by atoms with Crippen LogP contribution in [0.5, 0.6) is 0 Å². The monoisotopic (exact) mass is 215 g/mol. The second-order valence-corrected chi connectivity index (χ2v) is 3.05. The first-order valence-electron chi connectivity index (χ1n) is 3.47. The van der Waals surface area contributed by atoms with E-state index in [4.69, 9.17) is 5.11 Å². The van der Waals surface area contributed by atoms with Crippen molar-refractivity contribution in [1.82, 2.24) is 4.98 Å². The zero-order chi connectivity index (χ0) is 8.10. The van der Waals surface area contributed by atoms with E-state index in [-0.39, 0.29) is 6.61 Å². The van der Waals surface area contributed by atoms with Gasteiger partial charge in [-0.1, -0.05) is 22.0 Å². The number of rotatable bonds is 3. The number of hydrogen-bond acceptors (Lipinski definition) is 2. The third-order valence-corrected chi connectivity index (χ3v) is 1.82. The van der Waals surface area contributed by atoms with Crippen LogP contribution < -0.4 is 0 Å². The first kappa shape index (κ1) is 8.68. The van der Waals surface area contributed by atoms with Crippen LogP contribution in [0.2, 0.25) is 0 Å². The predicted octanol–water partition coefficient (Wildman–Crippen LogP) is 1.51. The largest absolute Gasteiger partial charge is 0.392 e. The van der Waals surface area contributed by atoms with Gasteiger partial charge in [0.15, 0.2) is 0 Å². The number of aromatic nitrogens is 1. The Morgan fingerprint density at radius 3 is 2.73 bits per heavy atom. The summed E-state index contributed by atoms with van der Waals surface area (Å²) in [5, 5.41) is 9.64. The third kappa shape index (κ3) is 2.60. The normalized spacial score (nSPS) is 10.0. The van der Waals surface area contributed by atoms with Gasteiger partial charge in [0.2, 0.25) is 0 Å². The fourth-order valence-electron chi connectivity index (χ4n) is 0.793. The Bertz CT molecular complexity index is 210. The van der Waals surface area contributed by atoms with Crippen LogP contribution in [-0.4, -0.2) is 15.4 Å². The summed E-state index contributed by atoms with van der Waals surface area (Å²) in [6.45, 7) is 0.0710. The van der Waals surface area contributed by atoms with Gasteiger partial charge >= 0.3 is 0 Å². The Balaban J connectivity index is 2.66. The van der Waals surface area contributed by atoms with Crippen molar-refractivity contribution < 1.29 is 5.11 Å². The van der Waals surface area contributed by atoms with E-state index in [1.807, 2.05) is 12.1 Å². The van der Waals surface area contributed by atoms with Crippen LogP contribution in [0.15, 0.2) is 18.3 Å². The minimum Gasteiger partial charge on any atom is -0.392 e. The van der Waals surface area contributed by atoms with Crippen molar-refractivity contribution in [2.75, 3.05) is 5.33 Å². The summed E-state index contributed by atoms with van der Waals surface area (Å²) in [7, 11) is 0. The smallest absolute Gasteiger partial charge is 0.0696 e. The van der Waals surface area contributed by atoms with E-state index < -0.39 is 0 Å². The Labute approximate surface area is 74.4 Å². The van der Waals surface area contributed by atoms with Crippen LogP contribution >= 0.6 is 15.9 Å². The lowest BCUT2D eigenvalue weighted by atomic mass is 10.2. The minimum absolute atomic E-state index is 0.0710. The molecule has 0 saturated carbocycles. The Hall–Kier alpha value is -0.410. The molecule has 0 fully saturated rings. The lowest BCUT2D eigenvalue weighted by Gasteiger charge is -1.97. The summed E-state index contributed by atoms with van der Waals surface area (Å²) in [5.74, 6) is 0. The first-order valence-corrected chi connectivity index (χ1v) is 4.59. The van der Waals surface area contributed by atoms with Gasteiger partial charge in [0, 0.05) is 17.2 Å². The molecule has 0 radical (unpaired) electrons. The number of nitrogens with zero attached hydrogens (tertiary/aromatic N) is 1. The maximum absolute atomic E-state index is 8.71. The van der Waals surface area contributed by atoms with E-state index in [9.17, 15) is 0 Å². The van der Waals surface area contributed by atoms with Gasteiger partial charge in [0.1, 0.15) is 0 Å². The minimum atomic E-state index is 0.0710. The molecule has 1 heterocycles. The van der Waals surface area contributed by atoms with Gasteiger partial charge in [-0.05, 0) is 18.1 Å². The number of pyridine rings is 1. The highest BCUT2D eigenvalue weighted by molar-refractivity contribution is 9.09. The SMILES string of the molecule is OCc1ccc(CCBr)nc1. The summed E-state index contributed by atoms with van der Waals surface area (Å²) < 4.78 is 0. The standard InChI is InChI=1S/C8H10BrNO/c9-4-3-8-2-1-7(6-11)5-10-8/h1-2,5,11H,3-4,6H2. The van der Waals surface area contributed by atoms with E-state index >= 15 is 0 Å². The summed E-state index contributed by atoms with van der Waals surface area (Å²) >= 11 is 3.33. The highest BCUT2D eigenvalue weighted by Gasteiger charge is 1.93. The number of halogens is 1. The van der Waals surface area contributed by atoms with Crippen molar-refractivity contribution in [2.45, 2.75) is 13.0 Å². The van der Waals surface area contributed by atoms with Gasteiger partial charge in [-0.15, -0.1) is 0 Å². The van der Waals surface area contributed by atoms with E-state index in [2.05, 4.69) is 20.9 Å². The fourth-order valence-corrected chi connectivity index (χ4v) is 1.20. The van der Waals surface area contributed by atoms with Crippen LogP contribution in [0.1, 0.15) is 11.3 Å². The second kappa shape index (κ2) is 4.46. The number of hydrogen-bond donors (Lipinski definition) is 1. The zero-order valence-corrected chi connectivity index (χ0v) is 7.71. The molecule has 1 N–H and O–H groups in total. The van der Waals surface area contributed by atoms with Crippen molar-refractivity contribution in [1.29, 1.82) is 0 Å². The summed E-state index contributed by atoms with van der Waals surface area (Å²) in [6.07, 6.45) is 2.64. The number of alkyl halides is 1. The maximum Gasteiger partial charge on any atom is 0.0696 e. The quantitative estimate of drug-likeness (QED) is 0.777. The molecule has 0 aromatic carbocycles. The van der Waals surface area contributed by atoms with E-state index in [0.717, 1.165) is 23.0 Å². The van der Waals surface area contributed by atoms with Crippen molar-refractivity contribution in [2.24, 2.45) is 0 Å². The predicted molar refractivity (Wildman–Crippen MR) is 47.7 cm³/mol. The van der Waals surface area contributed by atoms with Gasteiger partial charge in [-0.2, -0.15) is 0 Å².